The van der Waals surface area contributed by atoms with Gasteiger partial charge in [-0.15, -0.1) is 0 Å². The minimum absolute atomic E-state index is 0.00371. The number of fused-ring (bicyclic) bond motifs is 7. The number of ether oxygens (including phenoxy) is 4. The Balaban J connectivity index is 0.00000308. The number of allylic oxidation sites excluding steroid dienone is 9. The van der Waals surface area contributed by atoms with Crippen molar-refractivity contribution in [3.8, 4) is 17.2 Å². The second-order valence-electron chi connectivity index (χ2n) is 23.0. The maximum atomic E-state index is 15.4. The monoisotopic (exact) mass is 1320 g/mol. The van der Waals surface area contributed by atoms with Gasteiger partial charge in [-0.1, -0.05) is 191 Å². The van der Waals surface area contributed by atoms with Crippen LogP contribution in [-0.2, 0) is 44.5 Å². The van der Waals surface area contributed by atoms with Crippen LogP contribution in [0.15, 0.2) is 185 Å². The van der Waals surface area contributed by atoms with Crippen LogP contribution in [0.3, 0.4) is 0 Å². The predicted molar refractivity (Wildman–Crippen MR) is 318 cm³/mol. The predicted octanol–water partition coefficient (Wildman–Crippen LogP) is 15.2. The number of carbonyl (C=O) groups is 2. The number of Topliss-reactive ketones (excluding diaryl/α,β-unsaturated/α-hetero) is 1. The van der Waals surface area contributed by atoms with E-state index in [1.54, 1.807) is 6.08 Å². The Morgan fingerprint density at radius 1 is 0.494 bits per heavy atom. The van der Waals surface area contributed by atoms with Crippen LogP contribution in [0.5, 0.6) is 17.2 Å². The third kappa shape index (κ3) is 15.9. The molecule has 2 N–H and O–H groups in total. The summed E-state index contributed by atoms with van der Waals surface area (Å²) >= 11 is -2.51. The zero-order valence-corrected chi connectivity index (χ0v) is 53.4. The molecule has 5 aromatic rings. The van der Waals surface area contributed by atoms with Gasteiger partial charge in [-0.3, -0.25) is 9.59 Å². The van der Waals surface area contributed by atoms with Gasteiger partial charge in [0.15, 0.2) is 11.6 Å². The number of benzene rings is 5. The average Bonchev–Trinajstić information content (AvgIpc) is 3.63. The van der Waals surface area contributed by atoms with Crippen LogP contribution in [0, 0.1) is 38.6 Å². The summed E-state index contributed by atoms with van der Waals surface area (Å²) in [5, 5.41) is 7.63. The molecular weight excluding hydrogens is 1230 g/mol. The van der Waals surface area contributed by atoms with E-state index in [-0.39, 0.29) is 22.4 Å². The Labute approximate surface area is 496 Å². The molecule has 0 saturated carbocycles. The van der Waals surface area contributed by atoms with Gasteiger partial charge in [0.05, 0.1) is 38.5 Å². The first kappa shape index (κ1) is 61.9. The summed E-state index contributed by atoms with van der Waals surface area (Å²) in [5.74, 6) is 3.11. The van der Waals surface area contributed by atoms with E-state index in [4.69, 9.17) is 23.4 Å². The van der Waals surface area contributed by atoms with E-state index >= 15 is 4.79 Å². The minimum atomic E-state index is -2.51. The normalized spacial score (nSPS) is 16.2. The van der Waals surface area contributed by atoms with Crippen LogP contribution < -0.4 is 24.8 Å². The van der Waals surface area contributed by atoms with Crippen molar-refractivity contribution in [3.05, 3.63) is 230 Å². The van der Waals surface area contributed by atoms with Crippen molar-refractivity contribution in [2.45, 2.75) is 133 Å². The van der Waals surface area contributed by atoms with Gasteiger partial charge in [-0.25, -0.2) is 0 Å². The summed E-state index contributed by atoms with van der Waals surface area (Å²) in [7, 11) is 0. The van der Waals surface area contributed by atoms with E-state index in [1.807, 2.05) is 54.9 Å². The maximum absolute atomic E-state index is 15.4. The zero-order valence-electron chi connectivity index (χ0n) is 49.3. The van der Waals surface area contributed by atoms with Gasteiger partial charge < -0.3 is 29.6 Å². The van der Waals surface area contributed by atoms with Gasteiger partial charge in [0.1, 0.15) is 23.0 Å². The molecule has 11 heteroatoms. The van der Waals surface area contributed by atoms with Crippen LogP contribution in [0.2, 0.25) is 0 Å². The number of ketones is 2. The van der Waals surface area contributed by atoms with Gasteiger partial charge in [0.25, 0.3) is 0 Å². The molecule has 8 rings (SSSR count). The topological polar surface area (TPSA) is 129 Å². The molecule has 0 unspecified atom stereocenters. The van der Waals surface area contributed by atoms with Crippen molar-refractivity contribution in [1.29, 1.82) is 0 Å². The molecule has 0 heterocycles. The molecule has 0 fully saturated rings. The van der Waals surface area contributed by atoms with Crippen LogP contribution in [-0.4, -0.2) is 38.0 Å². The first-order valence-corrected chi connectivity index (χ1v) is 32.3. The number of nitrogens with one attached hydrogen (secondary N) is 2. The van der Waals surface area contributed by atoms with E-state index in [2.05, 4.69) is 165 Å². The van der Waals surface area contributed by atoms with Crippen molar-refractivity contribution < 1.29 is 60.8 Å². The molecule has 81 heavy (non-hydrogen) atoms. The average molecular weight is 1320 g/mol. The Morgan fingerprint density at radius 2 is 0.901 bits per heavy atom. The summed E-state index contributed by atoms with van der Waals surface area (Å²) in [6.45, 7) is 23.5. The molecular formula is C70H82N2O8U. The summed E-state index contributed by atoms with van der Waals surface area (Å²) < 4.78 is 44.4. The van der Waals surface area contributed by atoms with Crippen molar-refractivity contribution in [2.75, 3.05) is 26.4 Å². The molecule has 3 aliphatic rings. The number of hydrogen-bond donors (Lipinski definition) is 2. The van der Waals surface area contributed by atoms with Gasteiger partial charge in [-0.2, -0.15) is 0 Å². The molecule has 0 saturated heterocycles. The number of para-hydroxylation sites is 3. The first-order chi connectivity index (χ1) is 39.0. The third-order valence-corrected chi connectivity index (χ3v) is 14.6. The van der Waals surface area contributed by atoms with Gasteiger partial charge in [0, 0.05) is 65.9 Å². The second-order valence-corrected chi connectivity index (χ2v) is 23.7. The molecule has 3 aliphatic carbocycles. The van der Waals surface area contributed by atoms with Crippen LogP contribution in [0.4, 0.5) is 0 Å². The Morgan fingerprint density at radius 3 is 1.32 bits per heavy atom. The SMILES string of the molecule is CCCOC1=C2Cc3cccc(c3OCCC)Cc3cccc(c3OCCC)Cc3cccc(c3OCCC)CC1=CC(=O)/C2=C\N[C@H](c1ccccc1)[C@H](N/C=C1/C=C(C(C)(C)C)C=C(C(C)(C)C)C1=O)c1ccccc1.[O]=[U]=[O]. The molecule has 10 nitrogen and oxygen atoms in total. The van der Waals surface area contributed by atoms with Gasteiger partial charge in [-0.05, 0) is 98.7 Å². The van der Waals surface area contributed by atoms with E-state index in [0.29, 0.717) is 69.0 Å². The fourth-order valence-electron chi connectivity index (χ4n) is 10.5. The van der Waals surface area contributed by atoms with Crippen LogP contribution in [0.1, 0.15) is 152 Å². The molecule has 0 spiro atoms. The van der Waals surface area contributed by atoms with E-state index in [0.717, 1.165) is 110 Å². The standard InChI is InChI=1S/C70H82N2O6.2O.U/c1-11-34-75-65-49-28-21-29-50(65)39-52-31-23-33-54(67(52)77-36-13-3)42-58-59(61(73)43-55(68(58)78-37-14-4)40-53-32-22-30-51(38-49)66(53)76-35-12-2)46-72-63(48-26-19-16-20-27-48)62(47-24-17-15-18-25-47)71-45-56-41-57(69(5,6)7)44-60(64(56)74)70(8,9)10;;;/h15-33,41,43-46,62-63,71-72H,11-14,34-40,42H2,1-10H3;;;/b56-45-,59-46-;;;/t62-,63-;;;/m1.../s1. The molecule has 0 radical (unpaired) electrons. The summed E-state index contributed by atoms with van der Waals surface area (Å²) in [5.41, 5.74) is 12.2. The molecule has 5 aromatic carbocycles. The zero-order chi connectivity index (χ0) is 58.1. The van der Waals surface area contributed by atoms with Gasteiger partial charge >= 0.3 is 32.3 Å². The van der Waals surface area contributed by atoms with E-state index < -0.39 is 39.9 Å². The summed E-state index contributed by atoms with van der Waals surface area (Å²) in [6.07, 6.45) is 15.0. The molecule has 0 aliphatic heterocycles. The van der Waals surface area contributed by atoms with Crippen molar-refractivity contribution in [2.24, 2.45) is 10.8 Å². The number of rotatable bonds is 19. The molecule has 8 bridgehead atoms. The summed E-state index contributed by atoms with van der Waals surface area (Å²) in [4.78, 5) is 29.9. The second kappa shape index (κ2) is 29.4. The molecule has 2 atom stereocenters. The third-order valence-electron chi connectivity index (χ3n) is 14.6. The van der Waals surface area contributed by atoms with Crippen molar-refractivity contribution in [3.63, 3.8) is 0 Å². The molecule has 0 aromatic heterocycles. The fourth-order valence-corrected chi connectivity index (χ4v) is 10.5. The Kier molecular flexibility index (Phi) is 22.4. The van der Waals surface area contributed by atoms with E-state index in [9.17, 15) is 4.79 Å². The van der Waals surface area contributed by atoms with Gasteiger partial charge in [0.2, 0.25) is 0 Å². The quantitative estimate of drug-likeness (QED) is 0.0771. The summed E-state index contributed by atoms with van der Waals surface area (Å²) in [6, 6.07) is 39.0. The molecule has 0 amide bonds. The first-order valence-electron chi connectivity index (χ1n) is 28.9. The van der Waals surface area contributed by atoms with Crippen molar-refractivity contribution >= 4 is 11.6 Å². The van der Waals surface area contributed by atoms with Crippen molar-refractivity contribution in [1.82, 2.24) is 10.6 Å². The van der Waals surface area contributed by atoms with Crippen LogP contribution in [0.25, 0.3) is 0 Å². The fraction of sp³-hybridized carbons (Fsp3) is 0.371. The molecule has 424 valence electrons. The number of carbonyl (C=O) groups excluding carboxylic acids is 2. The Bertz CT molecular complexity index is 3240. The number of hydrogen-bond acceptors (Lipinski definition) is 10. The Hall–Kier alpha value is -6.67. The van der Waals surface area contributed by atoms with Crippen LogP contribution >= 0.6 is 0 Å². The van der Waals surface area contributed by atoms with E-state index in [1.165, 1.54) is 0 Å².